The number of nitrogens with zero attached hydrogens (tertiary/aromatic N) is 1. The lowest BCUT2D eigenvalue weighted by Crippen LogP contribution is -1.92. The molecule has 0 atom stereocenters. The van der Waals surface area contributed by atoms with Gasteiger partial charge in [-0.3, -0.25) is 0 Å². The number of halogens is 2. The Morgan fingerprint density at radius 2 is 1.62 bits per heavy atom. The standard InChI is InChI=1S/C9H6Cl2N2/c10-8-6-4-2-1-3-5(6)7(12)9(11)13-8/h1-4H,12H2. The summed E-state index contributed by atoms with van der Waals surface area (Å²) < 4.78 is 0. The van der Waals surface area contributed by atoms with Crippen LogP contribution in [0.25, 0.3) is 10.8 Å². The maximum Gasteiger partial charge on any atom is 0.154 e. The molecule has 0 aliphatic rings. The van der Waals surface area contributed by atoms with E-state index >= 15 is 0 Å². The third kappa shape index (κ3) is 1.32. The number of nitrogens with two attached hydrogens (primary N) is 1. The number of aromatic nitrogens is 1. The average molecular weight is 213 g/mol. The number of fused-ring (bicyclic) bond motifs is 1. The van der Waals surface area contributed by atoms with Crippen molar-refractivity contribution in [2.24, 2.45) is 0 Å². The Morgan fingerprint density at radius 3 is 2.31 bits per heavy atom. The lowest BCUT2D eigenvalue weighted by Gasteiger charge is -2.04. The van der Waals surface area contributed by atoms with Gasteiger partial charge in [-0.2, -0.15) is 0 Å². The maximum atomic E-state index is 5.88. The first-order chi connectivity index (χ1) is 6.20. The van der Waals surface area contributed by atoms with Crippen LogP contribution >= 0.6 is 23.2 Å². The molecule has 2 rings (SSSR count). The van der Waals surface area contributed by atoms with Crippen molar-refractivity contribution in [2.75, 3.05) is 5.73 Å². The second kappa shape index (κ2) is 3.05. The number of nitrogen functional groups attached to an aromatic ring is 1. The molecule has 0 aliphatic heterocycles. The van der Waals surface area contributed by atoms with Gasteiger partial charge < -0.3 is 5.73 Å². The van der Waals surface area contributed by atoms with Gasteiger partial charge >= 0.3 is 0 Å². The predicted octanol–water partition coefficient (Wildman–Crippen LogP) is 3.12. The molecule has 0 aliphatic carbocycles. The van der Waals surface area contributed by atoms with Crippen LogP contribution in [0, 0.1) is 0 Å². The first-order valence-corrected chi connectivity index (χ1v) is 4.45. The van der Waals surface area contributed by atoms with Crippen LogP contribution in [0.4, 0.5) is 5.69 Å². The fourth-order valence-electron chi connectivity index (χ4n) is 1.22. The molecule has 2 aromatic rings. The van der Waals surface area contributed by atoms with Crippen LogP contribution in [0.3, 0.4) is 0 Å². The highest BCUT2D eigenvalue weighted by molar-refractivity contribution is 6.38. The molecular weight excluding hydrogens is 207 g/mol. The molecule has 0 fully saturated rings. The molecule has 1 heterocycles. The van der Waals surface area contributed by atoms with E-state index in [2.05, 4.69) is 4.98 Å². The van der Waals surface area contributed by atoms with E-state index in [-0.39, 0.29) is 5.15 Å². The van der Waals surface area contributed by atoms with Gasteiger partial charge in [0.1, 0.15) is 5.15 Å². The minimum absolute atomic E-state index is 0.253. The molecule has 4 heteroatoms. The zero-order valence-corrected chi connectivity index (χ0v) is 8.10. The van der Waals surface area contributed by atoms with Crippen LogP contribution < -0.4 is 5.73 Å². The monoisotopic (exact) mass is 212 g/mol. The van der Waals surface area contributed by atoms with Gasteiger partial charge in [0.2, 0.25) is 0 Å². The Hall–Kier alpha value is -0.990. The van der Waals surface area contributed by atoms with Crippen LogP contribution in [-0.4, -0.2) is 4.98 Å². The molecule has 0 radical (unpaired) electrons. The summed E-state index contributed by atoms with van der Waals surface area (Å²) in [6.45, 7) is 0. The van der Waals surface area contributed by atoms with Crippen molar-refractivity contribution < 1.29 is 0 Å². The van der Waals surface area contributed by atoms with E-state index in [0.717, 1.165) is 10.8 Å². The molecule has 2 nitrogen and oxygen atoms in total. The minimum Gasteiger partial charge on any atom is -0.396 e. The third-order valence-corrected chi connectivity index (χ3v) is 2.43. The van der Waals surface area contributed by atoms with Crippen molar-refractivity contribution in [3.05, 3.63) is 34.6 Å². The third-order valence-electron chi connectivity index (χ3n) is 1.86. The molecule has 1 aromatic heterocycles. The first-order valence-electron chi connectivity index (χ1n) is 3.69. The van der Waals surface area contributed by atoms with Gasteiger partial charge in [-0.25, -0.2) is 4.98 Å². The van der Waals surface area contributed by atoms with E-state index in [4.69, 9.17) is 28.9 Å². The summed E-state index contributed by atoms with van der Waals surface area (Å²) in [6, 6.07) is 7.48. The van der Waals surface area contributed by atoms with Gasteiger partial charge in [0.25, 0.3) is 0 Å². The molecule has 0 unspecified atom stereocenters. The summed E-state index contributed by atoms with van der Waals surface area (Å²) in [6.07, 6.45) is 0. The van der Waals surface area contributed by atoms with E-state index in [1.54, 1.807) is 0 Å². The van der Waals surface area contributed by atoms with Gasteiger partial charge in [0, 0.05) is 10.8 Å². The normalized spacial score (nSPS) is 10.6. The highest BCUT2D eigenvalue weighted by atomic mass is 35.5. The van der Waals surface area contributed by atoms with Crippen molar-refractivity contribution >= 4 is 39.7 Å². The van der Waals surface area contributed by atoms with E-state index in [0.29, 0.717) is 10.8 Å². The molecule has 0 amide bonds. The number of rotatable bonds is 0. The van der Waals surface area contributed by atoms with Crippen molar-refractivity contribution in [1.82, 2.24) is 4.98 Å². The molecule has 0 saturated heterocycles. The van der Waals surface area contributed by atoms with Crippen molar-refractivity contribution in [3.8, 4) is 0 Å². The van der Waals surface area contributed by atoms with E-state index in [1.807, 2.05) is 24.3 Å². The fourth-order valence-corrected chi connectivity index (χ4v) is 1.69. The summed E-state index contributed by atoms with van der Waals surface area (Å²) in [4.78, 5) is 3.91. The van der Waals surface area contributed by atoms with Crippen molar-refractivity contribution in [1.29, 1.82) is 0 Å². The second-order valence-corrected chi connectivity index (χ2v) is 3.37. The SMILES string of the molecule is Nc1c(Cl)nc(Cl)c2ccccc12. The van der Waals surface area contributed by atoms with E-state index in [9.17, 15) is 0 Å². The van der Waals surface area contributed by atoms with E-state index < -0.39 is 0 Å². The number of hydrogen-bond donors (Lipinski definition) is 1. The highest BCUT2D eigenvalue weighted by Gasteiger charge is 2.07. The highest BCUT2D eigenvalue weighted by Crippen LogP contribution is 2.30. The summed E-state index contributed by atoms with van der Waals surface area (Å²) in [7, 11) is 0. The minimum atomic E-state index is 0.253. The van der Waals surface area contributed by atoms with Gasteiger partial charge in [-0.05, 0) is 0 Å². The Morgan fingerprint density at radius 1 is 1.00 bits per heavy atom. The summed E-state index contributed by atoms with van der Waals surface area (Å²) in [5, 5.41) is 2.30. The maximum absolute atomic E-state index is 5.88. The molecule has 66 valence electrons. The van der Waals surface area contributed by atoms with Crippen molar-refractivity contribution in [2.45, 2.75) is 0 Å². The molecular formula is C9H6Cl2N2. The Balaban J connectivity index is 2.97. The van der Waals surface area contributed by atoms with Crippen LogP contribution in [0.2, 0.25) is 10.3 Å². The molecule has 2 N–H and O–H groups in total. The summed E-state index contributed by atoms with van der Waals surface area (Å²) in [5.41, 5.74) is 6.21. The smallest absolute Gasteiger partial charge is 0.154 e. The average Bonchev–Trinajstić information content (AvgIpc) is 2.15. The quantitative estimate of drug-likeness (QED) is 0.682. The zero-order chi connectivity index (χ0) is 9.42. The lowest BCUT2D eigenvalue weighted by atomic mass is 10.1. The summed E-state index contributed by atoms with van der Waals surface area (Å²) in [5.74, 6) is 0. The molecule has 1 aromatic carbocycles. The largest absolute Gasteiger partial charge is 0.396 e. The van der Waals surface area contributed by atoms with Crippen LogP contribution in [-0.2, 0) is 0 Å². The topological polar surface area (TPSA) is 38.9 Å². The van der Waals surface area contributed by atoms with Crippen molar-refractivity contribution in [3.63, 3.8) is 0 Å². The predicted molar refractivity (Wildman–Crippen MR) is 56.2 cm³/mol. The fraction of sp³-hybridized carbons (Fsp3) is 0. The Kier molecular flexibility index (Phi) is 2.02. The molecule has 13 heavy (non-hydrogen) atoms. The number of pyridine rings is 1. The molecule has 0 spiro atoms. The number of hydrogen-bond acceptors (Lipinski definition) is 2. The van der Waals surface area contributed by atoms with Gasteiger partial charge in [0.15, 0.2) is 5.15 Å². The van der Waals surface area contributed by atoms with Crippen LogP contribution in [0.1, 0.15) is 0 Å². The second-order valence-electron chi connectivity index (χ2n) is 2.65. The Bertz CT molecular complexity index is 468. The molecule has 0 bridgehead atoms. The number of benzene rings is 1. The lowest BCUT2D eigenvalue weighted by molar-refractivity contribution is 1.36. The van der Waals surface area contributed by atoms with Gasteiger partial charge in [0.05, 0.1) is 5.69 Å². The first kappa shape index (κ1) is 8.60. The summed E-state index contributed by atoms with van der Waals surface area (Å²) >= 11 is 11.7. The van der Waals surface area contributed by atoms with Crippen LogP contribution in [0.15, 0.2) is 24.3 Å². The van der Waals surface area contributed by atoms with Gasteiger partial charge in [-0.1, -0.05) is 47.5 Å². The van der Waals surface area contributed by atoms with Gasteiger partial charge in [-0.15, -0.1) is 0 Å². The Labute approximate surface area is 85.3 Å². The number of anilines is 1. The van der Waals surface area contributed by atoms with Crippen LogP contribution in [0.5, 0.6) is 0 Å². The van der Waals surface area contributed by atoms with E-state index in [1.165, 1.54) is 0 Å². The zero-order valence-electron chi connectivity index (χ0n) is 6.59. The molecule has 0 saturated carbocycles.